The normalized spacial score (nSPS) is 25.6. The van der Waals surface area contributed by atoms with Gasteiger partial charge >= 0.3 is 0 Å². The second-order valence-corrected chi connectivity index (χ2v) is 8.44. The Balaban J connectivity index is 1.73. The Kier molecular flexibility index (Phi) is 4.58. The Hall–Kier alpha value is -2.14. The van der Waals surface area contributed by atoms with E-state index in [1.54, 1.807) is 16.8 Å². The monoisotopic (exact) mass is 368 g/mol. The van der Waals surface area contributed by atoms with Crippen LogP contribution < -0.4 is 5.56 Å². The summed E-state index contributed by atoms with van der Waals surface area (Å²) < 4.78 is 1.65. The summed E-state index contributed by atoms with van der Waals surface area (Å²) in [4.78, 5) is 28.0. The maximum absolute atomic E-state index is 13.4. The molecule has 1 aromatic carbocycles. The van der Waals surface area contributed by atoms with Crippen LogP contribution in [0.5, 0.6) is 0 Å². The lowest BCUT2D eigenvalue weighted by molar-refractivity contribution is -0.0886. The largest absolute Gasteiger partial charge is 0.389 e. The third kappa shape index (κ3) is 3.08. The van der Waals surface area contributed by atoms with Crippen molar-refractivity contribution >= 4 is 16.7 Å². The van der Waals surface area contributed by atoms with Gasteiger partial charge < -0.3 is 14.6 Å². The van der Waals surface area contributed by atoms with Crippen molar-refractivity contribution in [2.24, 2.45) is 5.92 Å². The number of aromatic nitrogens is 1. The van der Waals surface area contributed by atoms with Crippen molar-refractivity contribution in [1.29, 1.82) is 0 Å². The second-order valence-electron chi connectivity index (χ2n) is 8.44. The van der Waals surface area contributed by atoms with Crippen LogP contribution in [0.3, 0.4) is 0 Å². The van der Waals surface area contributed by atoms with Crippen LogP contribution in [-0.2, 0) is 0 Å². The minimum Gasteiger partial charge on any atom is -0.389 e. The molecule has 1 saturated heterocycles. The molecule has 2 atom stereocenters. The molecule has 2 unspecified atom stereocenters. The summed E-state index contributed by atoms with van der Waals surface area (Å²) >= 11 is 0. The fourth-order valence-corrected chi connectivity index (χ4v) is 4.79. The molecule has 2 heterocycles. The number of hydrogen-bond donors (Lipinski definition) is 1. The zero-order chi connectivity index (χ0) is 19.2. The van der Waals surface area contributed by atoms with E-state index in [0.717, 1.165) is 25.7 Å². The second kappa shape index (κ2) is 6.79. The molecule has 1 aromatic heterocycles. The van der Waals surface area contributed by atoms with Crippen LogP contribution in [0.4, 0.5) is 0 Å². The van der Waals surface area contributed by atoms with E-state index in [0.29, 0.717) is 35.8 Å². The van der Waals surface area contributed by atoms with E-state index in [1.807, 2.05) is 36.9 Å². The van der Waals surface area contributed by atoms with E-state index in [-0.39, 0.29) is 23.4 Å². The van der Waals surface area contributed by atoms with Crippen molar-refractivity contribution in [2.75, 3.05) is 13.1 Å². The predicted molar refractivity (Wildman–Crippen MR) is 106 cm³/mol. The summed E-state index contributed by atoms with van der Waals surface area (Å²) in [7, 11) is 0. The number of aliphatic hydroxyl groups is 1. The topological polar surface area (TPSA) is 62.5 Å². The maximum atomic E-state index is 13.4. The highest BCUT2D eigenvalue weighted by atomic mass is 16.3. The molecule has 5 heteroatoms. The van der Waals surface area contributed by atoms with Gasteiger partial charge in [-0.2, -0.15) is 0 Å². The highest BCUT2D eigenvalue weighted by Crippen LogP contribution is 2.40. The molecule has 0 radical (unpaired) electrons. The summed E-state index contributed by atoms with van der Waals surface area (Å²) in [5.74, 6) is 0.124. The van der Waals surface area contributed by atoms with Gasteiger partial charge in [-0.05, 0) is 39.2 Å². The first-order valence-electron chi connectivity index (χ1n) is 10.1. The summed E-state index contributed by atoms with van der Waals surface area (Å²) in [6.07, 6.45) is 6.39. The number of carbonyl (C=O) groups is 1. The number of hydrogen-bond acceptors (Lipinski definition) is 3. The number of nitrogens with zero attached hydrogens (tertiary/aromatic N) is 2. The number of rotatable bonds is 2. The van der Waals surface area contributed by atoms with Gasteiger partial charge in [-0.1, -0.05) is 31.0 Å². The van der Waals surface area contributed by atoms with Crippen LogP contribution in [0.2, 0.25) is 0 Å². The van der Waals surface area contributed by atoms with Crippen molar-refractivity contribution in [2.45, 2.75) is 57.6 Å². The molecule has 2 aliphatic rings. The number of amides is 1. The Morgan fingerprint density at radius 3 is 2.67 bits per heavy atom. The number of benzene rings is 1. The average molecular weight is 368 g/mol. The fraction of sp³-hybridized carbons (Fsp3) is 0.545. The molecule has 144 valence electrons. The Labute approximate surface area is 159 Å². The van der Waals surface area contributed by atoms with Crippen molar-refractivity contribution < 1.29 is 9.90 Å². The minimum absolute atomic E-state index is 0.0153. The van der Waals surface area contributed by atoms with E-state index in [4.69, 9.17) is 0 Å². The maximum Gasteiger partial charge on any atom is 0.258 e. The van der Waals surface area contributed by atoms with Gasteiger partial charge in [-0.15, -0.1) is 0 Å². The first-order valence-corrected chi connectivity index (χ1v) is 10.1. The van der Waals surface area contributed by atoms with Crippen LogP contribution in [0, 0.1) is 5.92 Å². The van der Waals surface area contributed by atoms with E-state index in [1.165, 1.54) is 0 Å². The number of carbonyl (C=O) groups excluding carboxylic acids is 1. The lowest BCUT2D eigenvalue weighted by Crippen LogP contribution is -2.54. The quantitative estimate of drug-likeness (QED) is 0.884. The standard InChI is InChI=1S/C22H28N2O3/c1-15(2)24-14-19(17-8-3-4-9-18(17)21(24)26)20(25)23-12-11-22(27)10-6-5-7-16(22)13-23/h3-4,8-9,14-16,27H,5-7,10-13H2,1-2H3. The molecule has 1 amide bonds. The molecule has 27 heavy (non-hydrogen) atoms. The highest BCUT2D eigenvalue weighted by Gasteiger charge is 2.44. The van der Waals surface area contributed by atoms with Gasteiger partial charge in [-0.3, -0.25) is 9.59 Å². The molecule has 1 aliphatic heterocycles. The van der Waals surface area contributed by atoms with Gasteiger partial charge in [0.15, 0.2) is 0 Å². The molecule has 1 aliphatic carbocycles. The first kappa shape index (κ1) is 18.2. The van der Waals surface area contributed by atoms with Gasteiger partial charge in [0, 0.05) is 42.0 Å². The molecule has 1 N–H and O–H groups in total. The summed E-state index contributed by atoms with van der Waals surface area (Å²) in [6.45, 7) is 5.08. The van der Waals surface area contributed by atoms with Gasteiger partial charge in [0.25, 0.3) is 11.5 Å². The van der Waals surface area contributed by atoms with Gasteiger partial charge in [0.2, 0.25) is 0 Å². The van der Waals surface area contributed by atoms with E-state index in [9.17, 15) is 14.7 Å². The molecular weight excluding hydrogens is 340 g/mol. The molecule has 5 nitrogen and oxygen atoms in total. The van der Waals surface area contributed by atoms with Crippen LogP contribution in [0.25, 0.3) is 10.8 Å². The van der Waals surface area contributed by atoms with Crippen molar-refractivity contribution in [3.63, 3.8) is 0 Å². The van der Waals surface area contributed by atoms with Crippen LogP contribution in [0.1, 0.15) is 62.4 Å². The lowest BCUT2D eigenvalue weighted by Gasteiger charge is -2.47. The van der Waals surface area contributed by atoms with Crippen molar-refractivity contribution in [1.82, 2.24) is 9.47 Å². The fourth-order valence-electron chi connectivity index (χ4n) is 4.79. The molecule has 4 rings (SSSR count). The zero-order valence-corrected chi connectivity index (χ0v) is 16.1. The van der Waals surface area contributed by atoms with Crippen LogP contribution in [0.15, 0.2) is 35.3 Å². The molecule has 0 spiro atoms. The first-order chi connectivity index (χ1) is 12.9. The molecular formula is C22H28N2O3. The SMILES string of the molecule is CC(C)n1cc(C(=O)N2CCC3(O)CCCCC3C2)c2ccccc2c1=O. The molecule has 2 aromatic rings. The minimum atomic E-state index is -0.603. The lowest BCUT2D eigenvalue weighted by atomic mass is 9.71. The number of pyridine rings is 1. The number of fused-ring (bicyclic) bond motifs is 2. The van der Waals surface area contributed by atoms with Gasteiger partial charge in [0.05, 0.1) is 11.2 Å². The van der Waals surface area contributed by atoms with Gasteiger partial charge in [-0.25, -0.2) is 0 Å². The van der Waals surface area contributed by atoms with Crippen molar-refractivity contribution in [3.8, 4) is 0 Å². The Morgan fingerprint density at radius 1 is 1.19 bits per heavy atom. The summed E-state index contributed by atoms with van der Waals surface area (Å²) in [6, 6.07) is 7.34. The molecule has 0 bridgehead atoms. The van der Waals surface area contributed by atoms with Crippen molar-refractivity contribution in [3.05, 3.63) is 46.4 Å². The summed E-state index contributed by atoms with van der Waals surface area (Å²) in [5, 5.41) is 12.2. The highest BCUT2D eigenvalue weighted by molar-refractivity contribution is 6.06. The van der Waals surface area contributed by atoms with Crippen LogP contribution in [-0.4, -0.2) is 39.2 Å². The average Bonchev–Trinajstić information content (AvgIpc) is 2.67. The van der Waals surface area contributed by atoms with E-state index >= 15 is 0 Å². The third-order valence-corrected chi connectivity index (χ3v) is 6.45. The number of likely N-dealkylation sites (tertiary alicyclic amines) is 1. The van der Waals surface area contributed by atoms with E-state index < -0.39 is 5.60 Å². The number of piperidine rings is 1. The summed E-state index contributed by atoms with van der Waals surface area (Å²) in [5.41, 5.74) is -0.0778. The van der Waals surface area contributed by atoms with Gasteiger partial charge in [0.1, 0.15) is 0 Å². The van der Waals surface area contributed by atoms with E-state index in [2.05, 4.69) is 0 Å². The Morgan fingerprint density at radius 2 is 1.93 bits per heavy atom. The predicted octanol–water partition coefficient (Wildman–Crippen LogP) is 3.35. The molecule has 1 saturated carbocycles. The third-order valence-electron chi connectivity index (χ3n) is 6.45. The smallest absolute Gasteiger partial charge is 0.258 e. The molecule has 2 fully saturated rings. The zero-order valence-electron chi connectivity index (χ0n) is 16.1. The van der Waals surface area contributed by atoms with Crippen LogP contribution >= 0.6 is 0 Å². The Bertz CT molecular complexity index is 933.